The normalized spacial score (nSPS) is 11.7. The minimum absolute atomic E-state index is 0.0699. The Hall–Kier alpha value is -2.31. The van der Waals surface area contributed by atoms with Gasteiger partial charge in [0, 0.05) is 30.3 Å². The van der Waals surface area contributed by atoms with Crippen molar-refractivity contribution < 1.29 is 19.6 Å². The van der Waals surface area contributed by atoms with Crippen LogP contribution in [-0.4, -0.2) is 29.2 Å². The lowest BCUT2D eigenvalue weighted by Gasteiger charge is -2.15. The van der Waals surface area contributed by atoms with E-state index in [9.17, 15) is 14.9 Å². The lowest BCUT2D eigenvalue weighted by Crippen LogP contribution is -2.15. The van der Waals surface area contributed by atoms with Crippen LogP contribution in [0.5, 0.6) is 5.75 Å². The van der Waals surface area contributed by atoms with Crippen molar-refractivity contribution in [2.45, 2.75) is 32.2 Å². The molecule has 0 aromatic heterocycles. The zero-order valence-corrected chi connectivity index (χ0v) is 11.5. The Kier molecular flexibility index (Phi) is 5.76. The molecule has 1 unspecified atom stereocenters. The van der Waals surface area contributed by atoms with Gasteiger partial charge in [-0.05, 0) is 25.8 Å². The van der Waals surface area contributed by atoms with Gasteiger partial charge in [-0.25, -0.2) is 0 Å². The molecule has 20 heavy (non-hydrogen) atoms. The van der Waals surface area contributed by atoms with Gasteiger partial charge in [0.2, 0.25) is 0 Å². The summed E-state index contributed by atoms with van der Waals surface area (Å²) in [6.45, 7) is 1.93. The minimum atomic E-state index is -0.811. The minimum Gasteiger partial charge on any atom is -0.490 e. The summed E-state index contributed by atoms with van der Waals surface area (Å²) in [5.74, 6) is -0.619. The molecular weight excluding hydrogens is 264 g/mol. The highest BCUT2D eigenvalue weighted by Crippen LogP contribution is 2.30. The monoisotopic (exact) mass is 282 g/mol. The van der Waals surface area contributed by atoms with Crippen molar-refractivity contribution in [3.05, 3.63) is 28.3 Å². The molecule has 0 saturated carbocycles. The number of nitro benzene ring substituents is 1. The van der Waals surface area contributed by atoms with Crippen molar-refractivity contribution in [2.75, 3.05) is 12.4 Å². The molecule has 0 saturated heterocycles. The molecule has 0 aliphatic rings. The lowest BCUT2D eigenvalue weighted by molar-refractivity contribution is -0.385. The highest BCUT2D eigenvalue weighted by molar-refractivity contribution is 5.66. The van der Waals surface area contributed by atoms with Gasteiger partial charge in [-0.2, -0.15) is 0 Å². The number of carboxylic acid groups (broad SMARTS) is 1. The van der Waals surface area contributed by atoms with Crippen molar-refractivity contribution in [1.29, 1.82) is 0 Å². The SMILES string of the molecule is COc1cc(NC(C)CCCC(=O)O)ccc1[N+](=O)[O-]. The Bertz CT molecular complexity index is 490. The van der Waals surface area contributed by atoms with Gasteiger partial charge in [0.1, 0.15) is 0 Å². The molecule has 0 aliphatic heterocycles. The fourth-order valence-corrected chi connectivity index (χ4v) is 1.83. The molecule has 1 aromatic carbocycles. The summed E-state index contributed by atoms with van der Waals surface area (Å²) in [7, 11) is 1.38. The van der Waals surface area contributed by atoms with Crippen LogP contribution >= 0.6 is 0 Å². The quantitative estimate of drug-likeness (QED) is 0.561. The first kappa shape index (κ1) is 15.7. The van der Waals surface area contributed by atoms with Crippen LogP contribution in [0.3, 0.4) is 0 Å². The van der Waals surface area contributed by atoms with E-state index >= 15 is 0 Å². The molecule has 0 radical (unpaired) electrons. The average Bonchev–Trinajstić information content (AvgIpc) is 2.37. The fourth-order valence-electron chi connectivity index (χ4n) is 1.83. The largest absolute Gasteiger partial charge is 0.490 e. The topological polar surface area (TPSA) is 102 Å². The summed E-state index contributed by atoms with van der Waals surface area (Å²) in [6.07, 6.45) is 1.41. The van der Waals surface area contributed by atoms with Gasteiger partial charge in [-0.1, -0.05) is 0 Å². The molecule has 0 bridgehead atoms. The molecule has 1 aromatic rings. The molecule has 110 valence electrons. The second-order valence-corrected chi connectivity index (χ2v) is 4.48. The van der Waals surface area contributed by atoms with Crippen LogP contribution in [0.15, 0.2) is 18.2 Å². The van der Waals surface area contributed by atoms with E-state index in [2.05, 4.69) is 5.32 Å². The first-order chi connectivity index (χ1) is 9.43. The van der Waals surface area contributed by atoms with Gasteiger partial charge < -0.3 is 15.2 Å². The van der Waals surface area contributed by atoms with Crippen LogP contribution in [0.25, 0.3) is 0 Å². The van der Waals surface area contributed by atoms with E-state index in [-0.39, 0.29) is 23.9 Å². The number of rotatable bonds is 8. The molecule has 0 amide bonds. The van der Waals surface area contributed by atoms with Crippen LogP contribution in [0.1, 0.15) is 26.2 Å². The first-order valence-electron chi connectivity index (χ1n) is 6.24. The number of hydrogen-bond donors (Lipinski definition) is 2. The van der Waals surface area contributed by atoms with Gasteiger partial charge in [0.05, 0.1) is 12.0 Å². The van der Waals surface area contributed by atoms with E-state index in [1.54, 1.807) is 12.1 Å². The molecule has 0 spiro atoms. The summed E-state index contributed by atoms with van der Waals surface area (Å²) in [6, 6.07) is 4.62. The van der Waals surface area contributed by atoms with E-state index in [1.807, 2.05) is 6.92 Å². The predicted molar refractivity (Wildman–Crippen MR) is 74.2 cm³/mol. The van der Waals surface area contributed by atoms with Gasteiger partial charge >= 0.3 is 11.7 Å². The number of benzene rings is 1. The summed E-state index contributed by atoms with van der Waals surface area (Å²) in [5, 5.41) is 22.5. The van der Waals surface area contributed by atoms with E-state index in [0.717, 1.165) is 0 Å². The first-order valence-corrected chi connectivity index (χ1v) is 6.24. The maximum absolute atomic E-state index is 10.8. The molecule has 0 heterocycles. The molecule has 7 nitrogen and oxygen atoms in total. The highest BCUT2D eigenvalue weighted by atomic mass is 16.6. The number of ether oxygens (including phenoxy) is 1. The van der Waals surface area contributed by atoms with Crippen molar-refractivity contribution in [3.63, 3.8) is 0 Å². The number of carbonyl (C=O) groups is 1. The van der Waals surface area contributed by atoms with Crippen LogP contribution < -0.4 is 10.1 Å². The van der Waals surface area contributed by atoms with E-state index < -0.39 is 10.9 Å². The van der Waals surface area contributed by atoms with Crippen molar-refractivity contribution in [3.8, 4) is 5.75 Å². The number of hydrogen-bond acceptors (Lipinski definition) is 5. The second-order valence-electron chi connectivity index (χ2n) is 4.48. The number of nitrogens with one attached hydrogen (secondary N) is 1. The average molecular weight is 282 g/mol. The molecule has 0 aliphatic carbocycles. The van der Waals surface area contributed by atoms with Gasteiger partial charge in [0.25, 0.3) is 0 Å². The van der Waals surface area contributed by atoms with Crippen molar-refractivity contribution in [1.82, 2.24) is 0 Å². The van der Waals surface area contributed by atoms with Gasteiger partial charge in [-0.15, -0.1) is 0 Å². The van der Waals surface area contributed by atoms with Crippen LogP contribution in [0, 0.1) is 10.1 Å². The lowest BCUT2D eigenvalue weighted by atomic mass is 10.1. The van der Waals surface area contributed by atoms with Gasteiger partial charge in [0.15, 0.2) is 5.75 Å². The summed E-state index contributed by atoms with van der Waals surface area (Å²) < 4.78 is 4.98. The van der Waals surface area contributed by atoms with Crippen LogP contribution in [-0.2, 0) is 4.79 Å². The number of nitro groups is 1. The van der Waals surface area contributed by atoms with Crippen LogP contribution in [0.4, 0.5) is 11.4 Å². The maximum atomic E-state index is 10.8. The van der Waals surface area contributed by atoms with E-state index in [1.165, 1.54) is 13.2 Å². The van der Waals surface area contributed by atoms with E-state index in [4.69, 9.17) is 9.84 Å². The van der Waals surface area contributed by atoms with E-state index in [0.29, 0.717) is 18.5 Å². The summed E-state index contributed by atoms with van der Waals surface area (Å²) >= 11 is 0. The standard InChI is InChI=1S/C13H18N2O5/c1-9(4-3-5-13(16)17)14-10-6-7-11(15(18)19)12(8-10)20-2/h6-9,14H,3-5H2,1-2H3,(H,16,17). The summed E-state index contributed by atoms with van der Waals surface area (Å²) in [4.78, 5) is 20.7. The molecule has 7 heteroatoms. The number of methoxy groups -OCH3 is 1. The maximum Gasteiger partial charge on any atom is 0.311 e. The zero-order chi connectivity index (χ0) is 15.1. The number of anilines is 1. The van der Waals surface area contributed by atoms with Crippen LogP contribution in [0.2, 0.25) is 0 Å². The Balaban J connectivity index is 2.63. The molecular formula is C13H18N2O5. The van der Waals surface area contributed by atoms with Crippen molar-refractivity contribution >= 4 is 17.3 Å². The molecule has 1 rings (SSSR count). The predicted octanol–water partition coefficient (Wildman–Crippen LogP) is 2.66. The molecule has 2 N–H and O–H groups in total. The number of carboxylic acids is 1. The van der Waals surface area contributed by atoms with Crippen molar-refractivity contribution in [2.24, 2.45) is 0 Å². The Morgan fingerprint density at radius 1 is 1.55 bits per heavy atom. The third kappa shape index (κ3) is 4.75. The number of aliphatic carboxylic acids is 1. The summed E-state index contributed by atoms with van der Waals surface area (Å²) in [5.41, 5.74) is 0.617. The highest BCUT2D eigenvalue weighted by Gasteiger charge is 2.15. The molecule has 1 atom stereocenters. The Labute approximate surface area is 116 Å². The Morgan fingerprint density at radius 3 is 2.80 bits per heavy atom. The fraction of sp³-hybridized carbons (Fsp3) is 0.462. The number of nitrogens with zero attached hydrogens (tertiary/aromatic N) is 1. The Morgan fingerprint density at radius 2 is 2.25 bits per heavy atom. The zero-order valence-electron chi connectivity index (χ0n) is 11.5. The van der Waals surface area contributed by atoms with Gasteiger partial charge in [-0.3, -0.25) is 14.9 Å². The smallest absolute Gasteiger partial charge is 0.311 e. The molecule has 0 fully saturated rings. The third-order valence-electron chi connectivity index (χ3n) is 2.82. The second kappa shape index (κ2) is 7.32. The third-order valence-corrected chi connectivity index (χ3v) is 2.82.